The topological polar surface area (TPSA) is 80.3 Å². The number of carbonyl (C=O) groups is 2. The second-order valence-corrected chi connectivity index (χ2v) is 3.49. The molecule has 0 amide bonds. The van der Waals surface area contributed by atoms with Crippen molar-refractivity contribution in [2.75, 3.05) is 0 Å². The molecular formula is C10H16Na2O4. The molecule has 0 aromatic heterocycles. The van der Waals surface area contributed by atoms with Gasteiger partial charge in [0.1, 0.15) is 0 Å². The van der Waals surface area contributed by atoms with Crippen LogP contribution in [0.3, 0.4) is 0 Å². The summed E-state index contributed by atoms with van der Waals surface area (Å²) in [5.41, 5.74) is 0. The standard InChI is InChI=1S/C10H18O4.2Na/c1-3-5-7(4-2)6-8(9(11)12)10(13)14;;/h7-8H,3-6H2,1-2H3,(H,11,12)(H,13,14);;/q;2*+1/p-2. The molecule has 0 saturated heterocycles. The first-order chi connectivity index (χ1) is 6.52. The van der Waals surface area contributed by atoms with Crippen LogP contribution in [0.25, 0.3) is 0 Å². The zero-order chi connectivity index (χ0) is 11.1. The molecule has 16 heavy (non-hydrogen) atoms. The molecule has 0 spiro atoms. The molecule has 1 atom stereocenters. The predicted octanol–water partition coefficient (Wildman–Crippen LogP) is -6.67. The van der Waals surface area contributed by atoms with Crippen LogP contribution in [-0.4, -0.2) is 11.9 Å². The van der Waals surface area contributed by atoms with Gasteiger partial charge in [0.05, 0.1) is 11.9 Å². The van der Waals surface area contributed by atoms with E-state index in [1.165, 1.54) is 0 Å². The van der Waals surface area contributed by atoms with Crippen molar-refractivity contribution < 1.29 is 78.9 Å². The van der Waals surface area contributed by atoms with Crippen LogP contribution < -0.4 is 69.3 Å². The van der Waals surface area contributed by atoms with Crippen LogP contribution in [0.1, 0.15) is 39.5 Å². The number of hydrogen-bond donors (Lipinski definition) is 0. The normalized spacial score (nSPS) is 11.2. The summed E-state index contributed by atoms with van der Waals surface area (Å²) >= 11 is 0. The van der Waals surface area contributed by atoms with E-state index in [1.807, 2.05) is 13.8 Å². The van der Waals surface area contributed by atoms with Crippen LogP contribution in [0, 0.1) is 11.8 Å². The fourth-order valence-electron chi connectivity index (χ4n) is 1.52. The molecule has 0 rings (SSSR count). The Labute approximate surface area is 141 Å². The maximum atomic E-state index is 10.5. The monoisotopic (exact) mass is 246 g/mol. The molecule has 0 bridgehead atoms. The van der Waals surface area contributed by atoms with Crippen LogP contribution in [0.4, 0.5) is 0 Å². The van der Waals surface area contributed by atoms with Crippen molar-refractivity contribution in [3.05, 3.63) is 0 Å². The Hall–Kier alpha value is 0.940. The van der Waals surface area contributed by atoms with Gasteiger partial charge < -0.3 is 19.8 Å². The van der Waals surface area contributed by atoms with Crippen molar-refractivity contribution in [3.8, 4) is 0 Å². The quantitative estimate of drug-likeness (QED) is 0.330. The van der Waals surface area contributed by atoms with Gasteiger partial charge in [0.2, 0.25) is 0 Å². The summed E-state index contributed by atoms with van der Waals surface area (Å²) in [4.78, 5) is 20.9. The van der Waals surface area contributed by atoms with E-state index in [1.54, 1.807) is 0 Å². The number of aliphatic carboxylic acids is 2. The van der Waals surface area contributed by atoms with E-state index in [2.05, 4.69) is 0 Å². The SMILES string of the molecule is CCCC(CC)CC(C(=O)[O-])C(=O)[O-].[Na+].[Na+]. The number of hydrogen-bond acceptors (Lipinski definition) is 4. The number of carboxylic acid groups (broad SMARTS) is 2. The van der Waals surface area contributed by atoms with E-state index in [0.717, 1.165) is 19.3 Å². The van der Waals surface area contributed by atoms with Crippen molar-refractivity contribution in [2.45, 2.75) is 39.5 Å². The number of rotatable bonds is 7. The Kier molecular flexibility index (Phi) is 17.2. The van der Waals surface area contributed by atoms with E-state index in [0.29, 0.717) is 0 Å². The smallest absolute Gasteiger partial charge is 0.549 e. The van der Waals surface area contributed by atoms with Gasteiger partial charge in [0.15, 0.2) is 0 Å². The van der Waals surface area contributed by atoms with Crippen molar-refractivity contribution in [1.29, 1.82) is 0 Å². The Bertz CT molecular complexity index is 195. The molecule has 4 nitrogen and oxygen atoms in total. The largest absolute Gasteiger partial charge is 1.00 e. The summed E-state index contributed by atoms with van der Waals surface area (Å²) in [6.07, 6.45) is 2.67. The van der Waals surface area contributed by atoms with Crippen LogP contribution >= 0.6 is 0 Å². The first kappa shape index (κ1) is 22.1. The second-order valence-electron chi connectivity index (χ2n) is 3.49. The summed E-state index contributed by atoms with van der Waals surface area (Å²) in [5.74, 6) is -4.42. The fourth-order valence-corrected chi connectivity index (χ4v) is 1.52. The molecule has 0 aliphatic rings. The third-order valence-corrected chi connectivity index (χ3v) is 2.41. The minimum absolute atomic E-state index is 0. The van der Waals surface area contributed by atoms with Crippen molar-refractivity contribution in [2.24, 2.45) is 11.8 Å². The number of carbonyl (C=O) groups excluding carboxylic acids is 2. The van der Waals surface area contributed by atoms with Crippen molar-refractivity contribution in [3.63, 3.8) is 0 Å². The van der Waals surface area contributed by atoms with Crippen molar-refractivity contribution >= 4 is 11.9 Å². The predicted molar refractivity (Wildman–Crippen MR) is 46.8 cm³/mol. The summed E-state index contributed by atoms with van der Waals surface area (Å²) in [5, 5.41) is 20.9. The first-order valence-electron chi connectivity index (χ1n) is 4.94. The first-order valence-corrected chi connectivity index (χ1v) is 4.94. The van der Waals surface area contributed by atoms with Crippen LogP contribution in [-0.2, 0) is 9.59 Å². The molecule has 0 aliphatic heterocycles. The average Bonchev–Trinajstić information content (AvgIpc) is 2.10. The molecule has 0 radical (unpaired) electrons. The zero-order valence-electron chi connectivity index (χ0n) is 10.6. The van der Waals surface area contributed by atoms with Gasteiger partial charge in [-0.3, -0.25) is 0 Å². The Morgan fingerprint density at radius 2 is 1.50 bits per heavy atom. The van der Waals surface area contributed by atoms with Crippen molar-refractivity contribution in [1.82, 2.24) is 0 Å². The summed E-state index contributed by atoms with van der Waals surface area (Å²) < 4.78 is 0. The molecule has 6 heteroatoms. The third-order valence-electron chi connectivity index (χ3n) is 2.41. The molecule has 0 aromatic carbocycles. The Morgan fingerprint density at radius 3 is 1.75 bits per heavy atom. The molecule has 0 heterocycles. The van der Waals surface area contributed by atoms with Crippen LogP contribution in [0.15, 0.2) is 0 Å². The number of carboxylic acids is 2. The maximum absolute atomic E-state index is 10.5. The summed E-state index contributed by atoms with van der Waals surface area (Å²) in [7, 11) is 0. The maximum Gasteiger partial charge on any atom is 1.00 e. The molecule has 0 aliphatic carbocycles. The molecule has 0 saturated carbocycles. The zero-order valence-corrected chi connectivity index (χ0v) is 14.6. The van der Waals surface area contributed by atoms with Gasteiger partial charge in [-0.2, -0.15) is 0 Å². The van der Waals surface area contributed by atoms with Crippen LogP contribution in [0.2, 0.25) is 0 Å². The van der Waals surface area contributed by atoms with Gasteiger partial charge in [-0.1, -0.05) is 33.1 Å². The summed E-state index contributed by atoms with van der Waals surface area (Å²) in [6, 6.07) is 0. The van der Waals surface area contributed by atoms with Crippen LogP contribution in [0.5, 0.6) is 0 Å². The van der Waals surface area contributed by atoms with Gasteiger partial charge in [-0.25, -0.2) is 0 Å². The van der Waals surface area contributed by atoms with E-state index < -0.39 is 17.9 Å². The fraction of sp³-hybridized carbons (Fsp3) is 0.800. The molecular weight excluding hydrogens is 230 g/mol. The molecule has 82 valence electrons. The van der Waals surface area contributed by atoms with E-state index in [-0.39, 0.29) is 71.5 Å². The van der Waals surface area contributed by atoms with E-state index in [9.17, 15) is 19.8 Å². The van der Waals surface area contributed by atoms with Gasteiger partial charge in [-0.05, 0) is 12.3 Å². The Morgan fingerprint density at radius 1 is 1.06 bits per heavy atom. The van der Waals surface area contributed by atoms with Gasteiger partial charge >= 0.3 is 59.1 Å². The summed E-state index contributed by atoms with van der Waals surface area (Å²) in [6.45, 7) is 3.90. The molecule has 1 unspecified atom stereocenters. The van der Waals surface area contributed by atoms with E-state index in [4.69, 9.17) is 0 Å². The van der Waals surface area contributed by atoms with Gasteiger partial charge in [0.25, 0.3) is 0 Å². The second kappa shape index (κ2) is 12.4. The molecule has 0 aromatic rings. The molecule has 0 N–H and O–H groups in total. The third kappa shape index (κ3) is 9.02. The van der Waals surface area contributed by atoms with E-state index >= 15 is 0 Å². The average molecular weight is 246 g/mol. The van der Waals surface area contributed by atoms with Gasteiger partial charge in [0, 0.05) is 5.92 Å². The minimum atomic E-state index is -1.54. The Balaban J connectivity index is -0.000000845. The van der Waals surface area contributed by atoms with Gasteiger partial charge in [-0.15, -0.1) is 0 Å². The molecule has 0 fully saturated rings. The minimum Gasteiger partial charge on any atom is -0.549 e.